The Bertz CT molecular complexity index is 182. The van der Waals surface area contributed by atoms with Gasteiger partial charge in [0.1, 0.15) is 0 Å². The van der Waals surface area contributed by atoms with Gasteiger partial charge in [-0.25, -0.2) is 0 Å². The monoisotopic (exact) mass is 223 g/mol. The second-order valence-corrected chi connectivity index (χ2v) is 6.00. The largest absolute Gasteiger partial charge is 0.311 e. The van der Waals surface area contributed by atoms with E-state index in [0.29, 0.717) is 0 Å². The van der Waals surface area contributed by atoms with Crippen molar-refractivity contribution >= 4 is 0 Å². The van der Waals surface area contributed by atoms with Crippen molar-refractivity contribution in [2.75, 3.05) is 0 Å². The van der Waals surface area contributed by atoms with E-state index >= 15 is 0 Å². The van der Waals surface area contributed by atoms with Crippen LogP contribution in [0.25, 0.3) is 0 Å². The first-order chi connectivity index (χ1) is 7.85. The lowest BCUT2D eigenvalue weighted by atomic mass is 10.0. The molecular formula is C15H29N. The van der Waals surface area contributed by atoms with Crippen LogP contribution in [-0.2, 0) is 0 Å². The van der Waals surface area contributed by atoms with Crippen molar-refractivity contribution in [3.63, 3.8) is 0 Å². The number of rotatable bonds is 9. The van der Waals surface area contributed by atoms with Gasteiger partial charge in [0.05, 0.1) is 0 Å². The van der Waals surface area contributed by atoms with Gasteiger partial charge in [-0.2, -0.15) is 0 Å². The van der Waals surface area contributed by atoms with Gasteiger partial charge in [0.25, 0.3) is 0 Å². The minimum Gasteiger partial charge on any atom is -0.311 e. The van der Waals surface area contributed by atoms with E-state index in [4.69, 9.17) is 0 Å². The first-order valence-corrected chi connectivity index (χ1v) is 7.61. The second-order valence-electron chi connectivity index (χ2n) is 6.00. The fourth-order valence-electron chi connectivity index (χ4n) is 2.95. The molecule has 0 heterocycles. The molecule has 2 fully saturated rings. The van der Waals surface area contributed by atoms with Gasteiger partial charge in [-0.3, -0.25) is 0 Å². The molecule has 94 valence electrons. The molecule has 0 aromatic heterocycles. The third kappa shape index (κ3) is 3.76. The quantitative estimate of drug-likeness (QED) is 0.620. The van der Waals surface area contributed by atoms with Crippen LogP contribution in [0.3, 0.4) is 0 Å². The molecule has 1 atom stereocenters. The summed E-state index contributed by atoms with van der Waals surface area (Å²) in [5, 5.41) is 4.01. The summed E-state index contributed by atoms with van der Waals surface area (Å²) < 4.78 is 0. The molecule has 0 aliphatic heterocycles. The molecule has 0 saturated heterocycles. The van der Waals surface area contributed by atoms with Crippen molar-refractivity contribution in [1.82, 2.24) is 5.32 Å². The third-order valence-corrected chi connectivity index (χ3v) is 4.23. The minimum atomic E-state index is 0.816. The van der Waals surface area contributed by atoms with Crippen molar-refractivity contribution in [2.24, 2.45) is 11.8 Å². The zero-order valence-electron chi connectivity index (χ0n) is 11.2. The molecule has 1 nitrogen and oxygen atoms in total. The summed E-state index contributed by atoms with van der Waals surface area (Å²) in [6.07, 6.45) is 12.9. The van der Waals surface area contributed by atoms with Gasteiger partial charge in [0.15, 0.2) is 0 Å². The van der Waals surface area contributed by atoms with E-state index in [1.165, 1.54) is 57.8 Å². The van der Waals surface area contributed by atoms with Crippen molar-refractivity contribution in [2.45, 2.75) is 83.7 Å². The molecule has 1 heteroatoms. The summed E-state index contributed by atoms with van der Waals surface area (Å²) in [6, 6.07) is 1.71. The molecule has 16 heavy (non-hydrogen) atoms. The zero-order chi connectivity index (χ0) is 11.4. The number of hydrogen-bond donors (Lipinski definition) is 1. The summed E-state index contributed by atoms with van der Waals surface area (Å²) >= 11 is 0. The maximum Gasteiger partial charge on any atom is 0.0126 e. The van der Waals surface area contributed by atoms with Crippen molar-refractivity contribution in [3.8, 4) is 0 Å². The molecule has 0 amide bonds. The van der Waals surface area contributed by atoms with Gasteiger partial charge in [-0.05, 0) is 50.4 Å². The van der Waals surface area contributed by atoms with E-state index < -0.39 is 0 Å². The fraction of sp³-hybridized carbons (Fsp3) is 1.00. The molecule has 0 aromatic carbocycles. The van der Waals surface area contributed by atoms with E-state index in [9.17, 15) is 0 Å². The summed E-state index contributed by atoms with van der Waals surface area (Å²) in [5.41, 5.74) is 0. The smallest absolute Gasteiger partial charge is 0.0126 e. The Morgan fingerprint density at radius 2 is 1.56 bits per heavy atom. The molecular weight excluding hydrogens is 194 g/mol. The average molecular weight is 223 g/mol. The third-order valence-electron chi connectivity index (χ3n) is 4.23. The molecule has 1 unspecified atom stereocenters. The van der Waals surface area contributed by atoms with Crippen LogP contribution < -0.4 is 5.32 Å². The maximum atomic E-state index is 4.01. The van der Waals surface area contributed by atoms with Crippen LogP contribution in [0.15, 0.2) is 0 Å². The van der Waals surface area contributed by atoms with Crippen molar-refractivity contribution in [1.29, 1.82) is 0 Å². The van der Waals surface area contributed by atoms with E-state index in [1.54, 1.807) is 0 Å². The van der Waals surface area contributed by atoms with Crippen LogP contribution in [0, 0.1) is 11.8 Å². The normalized spacial score (nSPS) is 22.7. The highest BCUT2D eigenvalue weighted by molar-refractivity contribution is 4.97. The highest BCUT2D eigenvalue weighted by Gasteiger charge is 2.41. The molecule has 0 bridgehead atoms. The summed E-state index contributed by atoms with van der Waals surface area (Å²) in [5.74, 6) is 2.10. The summed E-state index contributed by atoms with van der Waals surface area (Å²) in [4.78, 5) is 0. The Kier molecular flexibility index (Phi) is 4.69. The van der Waals surface area contributed by atoms with E-state index in [-0.39, 0.29) is 0 Å². The number of unbranched alkanes of at least 4 members (excludes halogenated alkanes) is 1. The van der Waals surface area contributed by atoms with Gasteiger partial charge in [0.2, 0.25) is 0 Å². The lowest BCUT2D eigenvalue weighted by Crippen LogP contribution is -2.41. The van der Waals surface area contributed by atoms with E-state index in [1.807, 2.05) is 0 Å². The number of nitrogens with one attached hydrogen (secondary N) is 1. The molecule has 2 saturated carbocycles. The lowest BCUT2D eigenvalue weighted by molar-refractivity contribution is 0.330. The van der Waals surface area contributed by atoms with E-state index in [2.05, 4.69) is 19.2 Å². The molecule has 2 rings (SSSR count). The maximum absolute atomic E-state index is 4.01. The SMILES string of the molecule is CCCCC(CCC)NC(C1CC1)C1CC1. The van der Waals surface area contributed by atoms with Crippen LogP contribution in [-0.4, -0.2) is 12.1 Å². The van der Waals surface area contributed by atoms with Crippen LogP contribution in [0.2, 0.25) is 0 Å². The highest BCUT2D eigenvalue weighted by atomic mass is 15.0. The zero-order valence-corrected chi connectivity index (χ0v) is 11.2. The molecule has 1 N–H and O–H groups in total. The van der Waals surface area contributed by atoms with Crippen LogP contribution in [0.1, 0.15) is 71.6 Å². The lowest BCUT2D eigenvalue weighted by Gasteiger charge is -2.25. The Balaban J connectivity index is 1.76. The van der Waals surface area contributed by atoms with Gasteiger partial charge in [-0.1, -0.05) is 33.1 Å². The minimum absolute atomic E-state index is 0.816. The van der Waals surface area contributed by atoms with Gasteiger partial charge >= 0.3 is 0 Å². The fourth-order valence-corrected chi connectivity index (χ4v) is 2.95. The Hall–Kier alpha value is -0.0400. The molecule has 2 aliphatic rings. The molecule has 0 radical (unpaired) electrons. The standard InChI is InChI=1S/C15H29N/c1-3-5-7-14(6-4-2)16-15(12-8-9-12)13-10-11-13/h12-16H,3-11H2,1-2H3. The molecule has 2 aliphatic carbocycles. The molecule has 0 spiro atoms. The second kappa shape index (κ2) is 6.05. The Labute approximate surface area is 101 Å². The Morgan fingerprint density at radius 3 is 2.00 bits per heavy atom. The van der Waals surface area contributed by atoms with Crippen molar-refractivity contribution in [3.05, 3.63) is 0 Å². The topological polar surface area (TPSA) is 12.0 Å². The number of hydrogen-bond acceptors (Lipinski definition) is 1. The predicted octanol–water partition coefficient (Wildman–Crippen LogP) is 4.12. The van der Waals surface area contributed by atoms with Crippen LogP contribution in [0.5, 0.6) is 0 Å². The first kappa shape index (κ1) is 12.4. The van der Waals surface area contributed by atoms with Gasteiger partial charge < -0.3 is 5.32 Å². The summed E-state index contributed by atoms with van der Waals surface area (Å²) in [6.45, 7) is 4.63. The van der Waals surface area contributed by atoms with Gasteiger partial charge in [0, 0.05) is 12.1 Å². The van der Waals surface area contributed by atoms with Crippen LogP contribution in [0.4, 0.5) is 0 Å². The Morgan fingerprint density at radius 1 is 0.938 bits per heavy atom. The highest BCUT2D eigenvalue weighted by Crippen LogP contribution is 2.44. The van der Waals surface area contributed by atoms with E-state index in [0.717, 1.165) is 23.9 Å². The van der Waals surface area contributed by atoms with Crippen molar-refractivity contribution < 1.29 is 0 Å². The first-order valence-electron chi connectivity index (χ1n) is 7.61. The van der Waals surface area contributed by atoms with Gasteiger partial charge in [-0.15, -0.1) is 0 Å². The van der Waals surface area contributed by atoms with Crippen LogP contribution >= 0.6 is 0 Å². The average Bonchev–Trinajstić information content (AvgIpc) is 3.16. The molecule has 0 aromatic rings. The summed E-state index contributed by atoms with van der Waals surface area (Å²) in [7, 11) is 0. The predicted molar refractivity (Wildman–Crippen MR) is 70.6 cm³/mol.